The van der Waals surface area contributed by atoms with Gasteiger partial charge in [-0.05, 0) is 70.1 Å². The van der Waals surface area contributed by atoms with E-state index in [1.165, 1.54) is 0 Å². The van der Waals surface area contributed by atoms with Crippen LogP contribution in [0.15, 0.2) is 0 Å². The number of ketones is 4. The number of hydrogen-bond donors (Lipinski definition) is 6. The monoisotopic (exact) mass is 899 g/mol. The van der Waals surface area contributed by atoms with Crippen molar-refractivity contribution in [2.45, 2.75) is 129 Å². The third-order valence-corrected chi connectivity index (χ3v) is 10.3. The summed E-state index contributed by atoms with van der Waals surface area (Å²) in [5.41, 5.74) is 0. The fourth-order valence-corrected chi connectivity index (χ4v) is 6.68. The van der Waals surface area contributed by atoms with Crippen LogP contribution in [-0.2, 0) is 66.9 Å². The van der Waals surface area contributed by atoms with Gasteiger partial charge in [-0.2, -0.15) is 0 Å². The van der Waals surface area contributed by atoms with E-state index in [0.29, 0.717) is 51.7 Å². The van der Waals surface area contributed by atoms with Crippen molar-refractivity contribution in [2.75, 3.05) is 65.9 Å². The Bertz CT molecular complexity index is 1460. The molecule has 1 aliphatic carbocycles. The van der Waals surface area contributed by atoms with E-state index in [9.17, 15) is 53.1 Å². The molecule has 0 heterocycles. The van der Waals surface area contributed by atoms with Gasteiger partial charge in [0.1, 0.15) is 19.0 Å². The molecule has 63 heavy (non-hydrogen) atoms. The average molecular weight is 900 g/mol. The predicted molar refractivity (Wildman–Crippen MR) is 223 cm³/mol. The number of carbonyl (C=O) groups excluding carboxylic acids is 7. The molecule has 1 aliphatic rings. The summed E-state index contributed by atoms with van der Waals surface area (Å²) in [6.07, 6.45) is 3.52. The molecule has 0 aromatic heterocycles. The molecule has 1 rings (SSSR count). The van der Waals surface area contributed by atoms with Gasteiger partial charge in [-0.1, -0.05) is 6.92 Å². The SMILES string of the molecule is CCCC(=O)CNC(=O)COCCOCCCC(=O)COCCOCCCC(=O)[C@H](CCC(=O)O)NC(=O)CC[C@H](CC(=O)C1CCC(CNC(=O)CCCC(=O)O)CC1)C(=O)O. The second kappa shape index (κ2) is 34.8. The lowest BCUT2D eigenvalue weighted by Crippen LogP contribution is -2.41. The Morgan fingerprint density at radius 3 is 1.81 bits per heavy atom. The zero-order valence-corrected chi connectivity index (χ0v) is 36.7. The maximum atomic E-state index is 13.0. The number of carbonyl (C=O) groups is 10. The van der Waals surface area contributed by atoms with Crippen molar-refractivity contribution in [2.24, 2.45) is 17.8 Å². The summed E-state index contributed by atoms with van der Waals surface area (Å²) in [6, 6.07) is -1.11. The molecule has 20 heteroatoms. The van der Waals surface area contributed by atoms with Crippen LogP contribution in [-0.4, -0.2) is 146 Å². The van der Waals surface area contributed by atoms with Gasteiger partial charge in [0.2, 0.25) is 17.7 Å². The van der Waals surface area contributed by atoms with Crippen LogP contribution in [0.3, 0.4) is 0 Å². The van der Waals surface area contributed by atoms with E-state index in [1.807, 2.05) is 6.92 Å². The molecule has 1 fully saturated rings. The third-order valence-electron chi connectivity index (χ3n) is 10.3. The Labute approximate surface area is 368 Å². The van der Waals surface area contributed by atoms with Crippen molar-refractivity contribution in [1.29, 1.82) is 0 Å². The zero-order valence-electron chi connectivity index (χ0n) is 36.7. The first-order chi connectivity index (χ1) is 30.1. The predicted octanol–water partition coefficient (Wildman–Crippen LogP) is 2.20. The quantitative estimate of drug-likeness (QED) is 0.0480. The molecule has 0 radical (unpaired) electrons. The highest BCUT2D eigenvalue weighted by atomic mass is 16.5. The third kappa shape index (κ3) is 30.1. The minimum absolute atomic E-state index is 0.0134. The normalized spacial score (nSPS) is 15.7. The van der Waals surface area contributed by atoms with E-state index >= 15 is 0 Å². The lowest BCUT2D eigenvalue weighted by Gasteiger charge is -2.28. The Kier molecular flexibility index (Phi) is 31.1. The molecule has 1 saturated carbocycles. The Morgan fingerprint density at radius 2 is 1.19 bits per heavy atom. The summed E-state index contributed by atoms with van der Waals surface area (Å²) in [7, 11) is 0. The lowest BCUT2D eigenvalue weighted by molar-refractivity contribution is -0.145. The highest BCUT2D eigenvalue weighted by Gasteiger charge is 2.31. The van der Waals surface area contributed by atoms with Gasteiger partial charge in [-0.25, -0.2) is 0 Å². The number of rotatable bonds is 40. The van der Waals surface area contributed by atoms with Gasteiger partial charge in [0.25, 0.3) is 0 Å². The van der Waals surface area contributed by atoms with Gasteiger partial charge >= 0.3 is 17.9 Å². The molecular weight excluding hydrogens is 830 g/mol. The van der Waals surface area contributed by atoms with E-state index in [1.54, 1.807) is 0 Å². The number of carboxylic acids is 3. The lowest BCUT2D eigenvalue weighted by atomic mass is 9.78. The van der Waals surface area contributed by atoms with Crippen LogP contribution in [0.4, 0.5) is 0 Å². The molecule has 0 saturated heterocycles. The van der Waals surface area contributed by atoms with Gasteiger partial charge in [-0.15, -0.1) is 0 Å². The first kappa shape index (κ1) is 56.4. The Balaban J connectivity index is 2.27. The van der Waals surface area contributed by atoms with Crippen LogP contribution in [0.5, 0.6) is 0 Å². The van der Waals surface area contributed by atoms with Crippen molar-refractivity contribution in [3.05, 3.63) is 0 Å². The van der Waals surface area contributed by atoms with Crippen molar-refractivity contribution in [3.63, 3.8) is 0 Å². The minimum Gasteiger partial charge on any atom is -0.481 e. The summed E-state index contributed by atoms with van der Waals surface area (Å²) >= 11 is 0. The summed E-state index contributed by atoms with van der Waals surface area (Å²) in [5, 5.41) is 35.5. The fourth-order valence-electron chi connectivity index (χ4n) is 6.68. The van der Waals surface area contributed by atoms with E-state index in [-0.39, 0.29) is 164 Å². The number of ether oxygens (including phenoxy) is 4. The van der Waals surface area contributed by atoms with E-state index in [0.717, 1.165) is 6.42 Å². The second-order valence-electron chi connectivity index (χ2n) is 15.7. The standard InChI is InChI=1S/C43H69N3O17/c1-2-6-33(47)27-45-40(53)29-63-24-22-60-19-4-7-34(48)28-62-23-21-61-20-5-8-36(49)35(16-18-42(56)57)46-39(52)17-15-32(43(58)59)25-37(50)31-13-11-30(12-14-31)26-44-38(51)9-3-10-41(54)55/h30-32,35H,2-29H2,1H3,(H,44,51)(H,45,53)(H,46,52)(H,54,55)(H,56,57)(H,58,59)/t30?,31?,32-,35+/m1/s1. The zero-order chi connectivity index (χ0) is 46.8. The van der Waals surface area contributed by atoms with Gasteiger partial charge in [-0.3, -0.25) is 47.9 Å². The number of hydrogen-bond acceptors (Lipinski definition) is 14. The van der Waals surface area contributed by atoms with E-state index in [4.69, 9.17) is 29.2 Å². The summed E-state index contributed by atoms with van der Waals surface area (Å²) < 4.78 is 21.4. The van der Waals surface area contributed by atoms with Gasteiger partial charge in [0, 0.05) is 77.0 Å². The minimum atomic E-state index is -1.23. The van der Waals surface area contributed by atoms with Crippen molar-refractivity contribution < 1.29 is 82.2 Å². The largest absolute Gasteiger partial charge is 0.481 e. The van der Waals surface area contributed by atoms with Crippen molar-refractivity contribution >= 4 is 58.8 Å². The molecule has 0 bridgehead atoms. The van der Waals surface area contributed by atoms with Crippen LogP contribution in [0.1, 0.15) is 122 Å². The molecule has 0 unspecified atom stereocenters. The van der Waals surface area contributed by atoms with Crippen molar-refractivity contribution in [3.8, 4) is 0 Å². The van der Waals surface area contributed by atoms with Crippen LogP contribution >= 0.6 is 0 Å². The highest BCUT2D eigenvalue weighted by molar-refractivity contribution is 5.90. The van der Waals surface area contributed by atoms with Crippen LogP contribution < -0.4 is 16.0 Å². The molecule has 2 atom stereocenters. The molecule has 20 nitrogen and oxygen atoms in total. The Hall–Kier alpha value is -4.66. The first-order valence-corrected chi connectivity index (χ1v) is 22.0. The molecule has 358 valence electrons. The van der Waals surface area contributed by atoms with E-state index < -0.39 is 41.6 Å². The topological polar surface area (TPSA) is 304 Å². The molecule has 0 aliphatic heterocycles. The van der Waals surface area contributed by atoms with Gasteiger partial charge in [0.15, 0.2) is 17.3 Å². The second-order valence-corrected chi connectivity index (χ2v) is 15.7. The van der Waals surface area contributed by atoms with E-state index in [2.05, 4.69) is 16.0 Å². The fraction of sp³-hybridized carbons (Fsp3) is 0.767. The summed E-state index contributed by atoms with van der Waals surface area (Å²) in [4.78, 5) is 120. The molecular formula is C43H69N3O17. The molecule has 0 aromatic rings. The van der Waals surface area contributed by atoms with Crippen molar-refractivity contribution in [1.82, 2.24) is 16.0 Å². The summed E-state index contributed by atoms with van der Waals surface area (Å²) in [5.74, 6) is -6.71. The van der Waals surface area contributed by atoms with Crippen LogP contribution in [0, 0.1) is 17.8 Å². The maximum absolute atomic E-state index is 13.0. The smallest absolute Gasteiger partial charge is 0.306 e. The number of amides is 3. The van der Waals surface area contributed by atoms with Gasteiger partial charge < -0.3 is 50.2 Å². The first-order valence-electron chi connectivity index (χ1n) is 22.0. The average Bonchev–Trinajstić information content (AvgIpc) is 3.23. The van der Waals surface area contributed by atoms with Gasteiger partial charge in [0.05, 0.1) is 44.9 Å². The van der Waals surface area contributed by atoms with Crippen LogP contribution in [0.25, 0.3) is 0 Å². The number of carboxylic acid groups (broad SMARTS) is 3. The Morgan fingerprint density at radius 1 is 0.571 bits per heavy atom. The maximum Gasteiger partial charge on any atom is 0.306 e. The number of Topliss-reactive ketones (excluding diaryl/α,β-unsaturated/α-hetero) is 4. The van der Waals surface area contributed by atoms with Crippen LogP contribution in [0.2, 0.25) is 0 Å². The molecule has 0 spiro atoms. The molecule has 6 N–H and O–H groups in total. The highest BCUT2D eigenvalue weighted by Crippen LogP contribution is 2.31. The summed E-state index contributed by atoms with van der Waals surface area (Å²) in [6.45, 7) is 3.20. The molecule has 3 amide bonds. The molecule has 0 aromatic carbocycles. The number of nitrogens with one attached hydrogen (secondary N) is 3. The number of aliphatic carboxylic acids is 3.